The Morgan fingerprint density at radius 1 is 1.25 bits per heavy atom. The highest BCUT2D eigenvalue weighted by Gasteiger charge is 2.05. The molecular weight excluding hydrogens is 197 g/mol. The van der Waals surface area contributed by atoms with E-state index in [9.17, 15) is 0 Å². The minimum atomic E-state index is -0.416. The summed E-state index contributed by atoms with van der Waals surface area (Å²) in [4.78, 5) is 0. The first-order chi connectivity index (χ1) is 5.63. The first-order valence-electron chi connectivity index (χ1n) is 3.46. The van der Waals surface area contributed by atoms with Crippen LogP contribution in [0.1, 0.15) is 11.6 Å². The van der Waals surface area contributed by atoms with E-state index in [0.717, 1.165) is 5.56 Å². The maximum absolute atomic E-state index is 8.76. The quantitative estimate of drug-likeness (QED) is 0.777. The highest BCUT2D eigenvalue weighted by molar-refractivity contribution is 6.34. The Bertz CT molecular complexity index is 258. The van der Waals surface area contributed by atoms with Gasteiger partial charge in [-0.3, -0.25) is 0 Å². The second-order valence-corrected chi connectivity index (χ2v) is 3.36. The SMILES string of the molecule is NC(CO)c1cc(Cl)cc(Cl)c1. The molecule has 1 aromatic carbocycles. The van der Waals surface area contributed by atoms with E-state index in [2.05, 4.69) is 0 Å². The molecule has 3 N–H and O–H groups in total. The number of hydrogen-bond donors (Lipinski definition) is 2. The Labute approximate surface area is 80.9 Å². The molecule has 0 saturated heterocycles. The fraction of sp³-hybridized carbons (Fsp3) is 0.250. The standard InChI is InChI=1S/C8H9Cl2NO/c9-6-1-5(8(11)4-12)2-7(10)3-6/h1-3,8,12H,4,11H2. The number of aliphatic hydroxyl groups is 1. The third-order valence-electron chi connectivity index (χ3n) is 1.51. The van der Waals surface area contributed by atoms with E-state index in [-0.39, 0.29) is 6.61 Å². The van der Waals surface area contributed by atoms with Gasteiger partial charge in [0, 0.05) is 10.0 Å². The van der Waals surface area contributed by atoms with Gasteiger partial charge in [-0.1, -0.05) is 23.2 Å². The molecule has 0 fully saturated rings. The average Bonchev–Trinajstić information content (AvgIpc) is 2.01. The number of benzene rings is 1. The summed E-state index contributed by atoms with van der Waals surface area (Å²) >= 11 is 11.5. The van der Waals surface area contributed by atoms with Crippen LogP contribution >= 0.6 is 23.2 Å². The number of nitrogens with two attached hydrogens (primary N) is 1. The van der Waals surface area contributed by atoms with Crippen LogP contribution in [0.25, 0.3) is 0 Å². The molecule has 1 rings (SSSR count). The number of hydrogen-bond acceptors (Lipinski definition) is 2. The van der Waals surface area contributed by atoms with Crippen LogP contribution in [0.4, 0.5) is 0 Å². The maximum atomic E-state index is 8.76. The van der Waals surface area contributed by atoms with Gasteiger partial charge < -0.3 is 10.8 Å². The highest BCUT2D eigenvalue weighted by Crippen LogP contribution is 2.22. The van der Waals surface area contributed by atoms with E-state index in [4.69, 9.17) is 34.0 Å². The Morgan fingerprint density at radius 3 is 2.17 bits per heavy atom. The van der Waals surface area contributed by atoms with Gasteiger partial charge in [0.2, 0.25) is 0 Å². The summed E-state index contributed by atoms with van der Waals surface area (Å²) in [6, 6.07) is 4.58. The molecule has 0 heterocycles. The van der Waals surface area contributed by atoms with Crippen molar-refractivity contribution in [3.05, 3.63) is 33.8 Å². The van der Waals surface area contributed by atoms with Crippen LogP contribution in [0, 0.1) is 0 Å². The third-order valence-corrected chi connectivity index (χ3v) is 1.95. The van der Waals surface area contributed by atoms with Crippen molar-refractivity contribution in [3.63, 3.8) is 0 Å². The van der Waals surface area contributed by atoms with Gasteiger partial charge in [-0.2, -0.15) is 0 Å². The number of aliphatic hydroxyl groups excluding tert-OH is 1. The van der Waals surface area contributed by atoms with Gasteiger partial charge in [-0.25, -0.2) is 0 Å². The van der Waals surface area contributed by atoms with Crippen molar-refractivity contribution in [1.29, 1.82) is 0 Å². The molecule has 1 atom stereocenters. The molecule has 0 aliphatic rings. The molecule has 0 aliphatic heterocycles. The number of rotatable bonds is 2. The second-order valence-electron chi connectivity index (χ2n) is 2.49. The summed E-state index contributed by atoms with van der Waals surface area (Å²) in [7, 11) is 0. The molecule has 0 aliphatic carbocycles. The maximum Gasteiger partial charge on any atom is 0.0624 e. The van der Waals surface area contributed by atoms with Crippen molar-refractivity contribution in [2.75, 3.05) is 6.61 Å². The minimum absolute atomic E-state index is 0.114. The molecule has 1 aromatic rings. The van der Waals surface area contributed by atoms with E-state index in [1.54, 1.807) is 18.2 Å². The lowest BCUT2D eigenvalue weighted by atomic mass is 10.1. The third kappa shape index (κ3) is 2.35. The topological polar surface area (TPSA) is 46.2 Å². The monoisotopic (exact) mass is 205 g/mol. The summed E-state index contributed by atoms with van der Waals surface area (Å²) in [5, 5.41) is 9.82. The normalized spacial score (nSPS) is 13.0. The van der Waals surface area contributed by atoms with Gasteiger partial charge in [0.1, 0.15) is 0 Å². The second kappa shape index (κ2) is 4.10. The van der Waals surface area contributed by atoms with Gasteiger partial charge in [0.05, 0.1) is 12.6 Å². The smallest absolute Gasteiger partial charge is 0.0624 e. The lowest BCUT2D eigenvalue weighted by molar-refractivity contribution is 0.268. The number of halogens is 2. The summed E-state index contributed by atoms with van der Waals surface area (Å²) in [5.41, 5.74) is 6.31. The fourth-order valence-electron chi connectivity index (χ4n) is 0.895. The average molecular weight is 206 g/mol. The van der Waals surface area contributed by atoms with E-state index < -0.39 is 6.04 Å². The predicted octanol–water partition coefficient (Wildman–Crippen LogP) is 1.99. The summed E-state index contributed by atoms with van der Waals surface area (Å²) in [6.45, 7) is -0.114. The van der Waals surface area contributed by atoms with Gasteiger partial charge in [0.25, 0.3) is 0 Å². The zero-order valence-electron chi connectivity index (χ0n) is 6.30. The lowest BCUT2D eigenvalue weighted by Gasteiger charge is -2.08. The van der Waals surface area contributed by atoms with Crippen LogP contribution in [0.5, 0.6) is 0 Å². The molecule has 4 heteroatoms. The van der Waals surface area contributed by atoms with Crippen molar-refractivity contribution in [2.45, 2.75) is 6.04 Å². The van der Waals surface area contributed by atoms with Crippen molar-refractivity contribution < 1.29 is 5.11 Å². The molecule has 0 radical (unpaired) electrons. The van der Waals surface area contributed by atoms with Gasteiger partial charge in [-0.05, 0) is 23.8 Å². The van der Waals surface area contributed by atoms with Crippen LogP contribution in [0.2, 0.25) is 10.0 Å². The molecular formula is C8H9Cl2NO. The Morgan fingerprint density at radius 2 is 1.75 bits per heavy atom. The van der Waals surface area contributed by atoms with E-state index in [1.807, 2.05) is 0 Å². The highest BCUT2D eigenvalue weighted by atomic mass is 35.5. The van der Waals surface area contributed by atoms with Crippen LogP contribution in [0.15, 0.2) is 18.2 Å². The molecule has 0 saturated carbocycles. The Balaban J connectivity index is 3.00. The lowest BCUT2D eigenvalue weighted by Crippen LogP contribution is -2.14. The molecule has 0 bridgehead atoms. The zero-order chi connectivity index (χ0) is 9.14. The van der Waals surface area contributed by atoms with Crippen LogP contribution < -0.4 is 5.73 Å². The molecule has 0 aromatic heterocycles. The van der Waals surface area contributed by atoms with Crippen LogP contribution in [-0.2, 0) is 0 Å². The molecule has 12 heavy (non-hydrogen) atoms. The largest absolute Gasteiger partial charge is 0.394 e. The van der Waals surface area contributed by atoms with Crippen molar-refractivity contribution in [2.24, 2.45) is 5.73 Å². The Kier molecular flexibility index (Phi) is 3.35. The van der Waals surface area contributed by atoms with E-state index in [0.29, 0.717) is 10.0 Å². The molecule has 0 amide bonds. The fourth-order valence-corrected chi connectivity index (χ4v) is 1.44. The van der Waals surface area contributed by atoms with Crippen LogP contribution in [0.3, 0.4) is 0 Å². The van der Waals surface area contributed by atoms with Gasteiger partial charge in [0.15, 0.2) is 0 Å². The van der Waals surface area contributed by atoms with E-state index in [1.165, 1.54) is 0 Å². The molecule has 2 nitrogen and oxygen atoms in total. The van der Waals surface area contributed by atoms with Crippen LogP contribution in [-0.4, -0.2) is 11.7 Å². The first-order valence-corrected chi connectivity index (χ1v) is 4.21. The van der Waals surface area contributed by atoms with Gasteiger partial charge in [-0.15, -0.1) is 0 Å². The summed E-state index contributed by atoms with van der Waals surface area (Å²) in [5.74, 6) is 0. The summed E-state index contributed by atoms with van der Waals surface area (Å²) < 4.78 is 0. The molecule has 66 valence electrons. The van der Waals surface area contributed by atoms with Crippen molar-refractivity contribution in [3.8, 4) is 0 Å². The van der Waals surface area contributed by atoms with Crippen molar-refractivity contribution >= 4 is 23.2 Å². The van der Waals surface area contributed by atoms with E-state index >= 15 is 0 Å². The summed E-state index contributed by atoms with van der Waals surface area (Å²) in [6.07, 6.45) is 0. The first kappa shape index (κ1) is 9.81. The minimum Gasteiger partial charge on any atom is -0.394 e. The van der Waals surface area contributed by atoms with Crippen molar-refractivity contribution in [1.82, 2.24) is 0 Å². The molecule has 0 spiro atoms. The zero-order valence-corrected chi connectivity index (χ0v) is 7.81. The van der Waals surface area contributed by atoms with Gasteiger partial charge >= 0.3 is 0 Å². The molecule has 1 unspecified atom stereocenters. The Hall–Kier alpha value is -0.280. The predicted molar refractivity (Wildman–Crippen MR) is 50.5 cm³/mol.